The summed E-state index contributed by atoms with van der Waals surface area (Å²) in [5, 5.41) is 4.86. The van der Waals surface area contributed by atoms with Crippen LogP contribution in [0.3, 0.4) is 0 Å². The van der Waals surface area contributed by atoms with Crippen LogP contribution >= 0.6 is 11.6 Å². The average Bonchev–Trinajstić information content (AvgIpc) is 2.99. The fraction of sp³-hybridized carbons (Fsp3) is 0.263. The van der Waals surface area contributed by atoms with Crippen molar-refractivity contribution in [3.05, 3.63) is 69.5 Å². The minimum Gasteiger partial charge on any atom is -0.246 e. The van der Waals surface area contributed by atoms with Crippen molar-refractivity contribution in [2.75, 3.05) is 4.72 Å². The topological polar surface area (TPSA) is 76.9 Å². The SMILES string of the molecule is Cc1cc(C)c(C)c(S(=O)(=O)Nc2ncn(Cc3cccc(Cl)c3)n2)c1C. The average molecular weight is 405 g/mol. The van der Waals surface area contributed by atoms with E-state index < -0.39 is 10.0 Å². The predicted molar refractivity (Wildman–Crippen MR) is 107 cm³/mol. The van der Waals surface area contributed by atoms with Crippen molar-refractivity contribution in [3.63, 3.8) is 0 Å². The Morgan fingerprint density at radius 1 is 1.07 bits per heavy atom. The van der Waals surface area contributed by atoms with E-state index in [1.807, 2.05) is 52.0 Å². The number of nitrogens with zero attached hydrogens (tertiary/aromatic N) is 3. The molecule has 0 atom stereocenters. The molecule has 1 heterocycles. The van der Waals surface area contributed by atoms with Gasteiger partial charge >= 0.3 is 0 Å². The highest BCUT2D eigenvalue weighted by atomic mass is 35.5. The van der Waals surface area contributed by atoms with Crippen molar-refractivity contribution < 1.29 is 8.42 Å². The zero-order valence-corrected chi connectivity index (χ0v) is 17.2. The quantitative estimate of drug-likeness (QED) is 0.696. The Bertz CT molecular complexity index is 1080. The lowest BCUT2D eigenvalue weighted by molar-refractivity contribution is 0.599. The molecule has 3 aromatic rings. The van der Waals surface area contributed by atoms with Gasteiger partial charge in [0.15, 0.2) is 0 Å². The van der Waals surface area contributed by atoms with Gasteiger partial charge in [0, 0.05) is 5.02 Å². The minimum atomic E-state index is -3.80. The van der Waals surface area contributed by atoms with Crippen molar-refractivity contribution in [2.45, 2.75) is 39.1 Å². The fourth-order valence-corrected chi connectivity index (χ4v) is 4.77. The van der Waals surface area contributed by atoms with Crippen LogP contribution in [0.1, 0.15) is 27.8 Å². The number of anilines is 1. The van der Waals surface area contributed by atoms with Crippen LogP contribution in [-0.2, 0) is 16.6 Å². The molecular formula is C19H21ClN4O2S. The number of hydrogen-bond donors (Lipinski definition) is 1. The van der Waals surface area contributed by atoms with E-state index in [1.165, 1.54) is 6.33 Å². The molecule has 0 spiro atoms. The fourth-order valence-electron chi connectivity index (χ4n) is 2.99. The predicted octanol–water partition coefficient (Wildman–Crippen LogP) is 4.01. The number of sulfonamides is 1. The van der Waals surface area contributed by atoms with Crippen LogP contribution in [0.5, 0.6) is 0 Å². The molecule has 6 nitrogen and oxygen atoms in total. The number of aryl methyl sites for hydroxylation is 2. The first-order valence-corrected chi connectivity index (χ1v) is 10.3. The highest BCUT2D eigenvalue weighted by molar-refractivity contribution is 7.92. The molecule has 0 unspecified atom stereocenters. The van der Waals surface area contributed by atoms with Gasteiger partial charge < -0.3 is 0 Å². The van der Waals surface area contributed by atoms with E-state index in [0.29, 0.717) is 11.6 Å². The van der Waals surface area contributed by atoms with Crippen LogP contribution in [0, 0.1) is 27.7 Å². The summed E-state index contributed by atoms with van der Waals surface area (Å²) in [6, 6.07) is 9.38. The maximum Gasteiger partial charge on any atom is 0.264 e. The number of rotatable bonds is 5. The lowest BCUT2D eigenvalue weighted by Crippen LogP contribution is -2.18. The molecule has 3 rings (SSSR count). The Morgan fingerprint density at radius 3 is 2.37 bits per heavy atom. The van der Waals surface area contributed by atoms with Crippen molar-refractivity contribution >= 4 is 27.6 Å². The summed E-state index contributed by atoms with van der Waals surface area (Å²) in [4.78, 5) is 4.36. The van der Waals surface area contributed by atoms with Crippen LogP contribution in [0.4, 0.5) is 5.95 Å². The van der Waals surface area contributed by atoms with Crippen molar-refractivity contribution in [3.8, 4) is 0 Å². The third kappa shape index (κ3) is 4.14. The maximum atomic E-state index is 12.9. The number of benzene rings is 2. The molecule has 0 radical (unpaired) electrons. The standard InChI is InChI=1S/C19H21ClN4O2S/c1-12-8-13(2)15(4)18(14(12)3)27(25,26)23-19-21-11-24(22-19)10-16-6-5-7-17(20)9-16/h5-9,11H,10H2,1-4H3,(H,22,23). The van der Waals surface area contributed by atoms with E-state index in [4.69, 9.17) is 11.6 Å². The molecule has 142 valence electrons. The highest BCUT2D eigenvalue weighted by Gasteiger charge is 2.23. The van der Waals surface area contributed by atoms with Crippen molar-refractivity contribution in [1.29, 1.82) is 0 Å². The van der Waals surface area contributed by atoms with Gasteiger partial charge in [0.05, 0.1) is 11.4 Å². The van der Waals surface area contributed by atoms with E-state index in [9.17, 15) is 8.42 Å². The van der Waals surface area contributed by atoms with Crippen LogP contribution in [0.25, 0.3) is 0 Å². The van der Waals surface area contributed by atoms with Gasteiger partial charge in [0.25, 0.3) is 16.0 Å². The van der Waals surface area contributed by atoms with Crippen LogP contribution < -0.4 is 4.72 Å². The Morgan fingerprint density at radius 2 is 1.74 bits per heavy atom. The van der Waals surface area contributed by atoms with E-state index in [2.05, 4.69) is 14.8 Å². The molecule has 0 fully saturated rings. The monoisotopic (exact) mass is 404 g/mol. The molecule has 27 heavy (non-hydrogen) atoms. The summed E-state index contributed by atoms with van der Waals surface area (Å²) in [6.45, 7) is 7.86. The smallest absolute Gasteiger partial charge is 0.246 e. The first-order chi connectivity index (χ1) is 12.7. The van der Waals surface area contributed by atoms with E-state index in [-0.39, 0.29) is 10.8 Å². The number of nitrogens with one attached hydrogen (secondary N) is 1. The molecule has 1 aromatic heterocycles. The molecule has 0 aliphatic heterocycles. The summed E-state index contributed by atoms with van der Waals surface area (Å²) in [7, 11) is -3.80. The van der Waals surface area contributed by atoms with Gasteiger partial charge in [-0.2, -0.15) is 4.98 Å². The van der Waals surface area contributed by atoms with Crippen molar-refractivity contribution in [1.82, 2.24) is 14.8 Å². The van der Waals surface area contributed by atoms with Crippen LogP contribution in [-0.4, -0.2) is 23.2 Å². The molecule has 0 amide bonds. The Kier molecular flexibility index (Phi) is 5.26. The molecule has 0 aliphatic carbocycles. The molecule has 0 saturated carbocycles. The van der Waals surface area contributed by atoms with Gasteiger partial charge in [0.2, 0.25) is 0 Å². The Balaban J connectivity index is 1.87. The zero-order valence-electron chi connectivity index (χ0n) is 15.6. The van der Waals surface area contributed by atoms with Crippen LogP contribution in [0.2, 0.25) is 5.02 Å². The zero-order chi connectivity index (χ0) is 19.8. The summed E-state index contributed by atoms with van der Waals surface area (Å²) in [5.74, 6) is 0.0370. The lowest BCUT2D eigenvalue weighted by Gasteiger charge is -2.15. The lowest BCUT2D eigenvalue weighted by atomic mass is 10.0. The number of aromatic nitrogens is 3. The van der Waals surface area contributed by atoms with Gasteiger partial charge in [-0.1, -0.05) is 29.8 Å². The third-order valence-electron chi connectivity index (χ3n) is 4.56. The minimum absolute atomic E-state index is 0.0370. The Hall–Kier alpha value is -2.38. The number of hydrogen-bond acceptors (Lipinski definition) is 4. The van der Waals surface area contributed by atoms with Crippen molar-refractivity contribution in [2.24, 2.45) is 0 Å². The van der Waals surface area contributed by atoms with E-state index in [0.717, 1.165) is 27.8 Å². The molecule has 0 saturated heterocycles. The normalized spacial score (nSPS) is 11.6. The van der Waals surface area contributed by atoms with Gasteiger partial charge in [-0.15, -0.1) is 5.10 Å². The van der Waals surface area contributed by atoms with Crippen LogP contribution in [0.15, 0.2) is 41.6 Å². The molecular weight excluding hydrogens is 384 g/mol. The van der Waals surface area contributed by atoms with E-state index in [1.54, 1.807) is 10.7 Å². The molecule has 1 N–H and O–H groups in total. The van der Waals surface area contributed by atoms with Gasteiger partial charge in [-0.3, -0.25) is 0 Å². The second-order valence-corrected chi connectivity index (χ2v) is 8.65. The highest BCUT2D eigenvalue weighted by Crippen LogP contribution is 2.27. The second kappa shape index (κ2) is 7.32. The summed E-state index contributed by atoms with van der Waals surface area (Å²) in [5.41, 5.74) is 4.26. The first-order valence-electron chi connectivity index (χ1n) is 8.41. The molecule has 2 aromatic carbocycles. The largest absolute Gasteiger partial charge is 0.264 e. The molecule has 0 aliphatic rings. The summed E-state index contributed by atoms with van der Waals surface area (Å²) >= 11 is 5.99. The van der Waals surface area contributed by atoms with Gasteiger partial charge in [-0.25, -0.2) is 17.8 Å². The Labute approximate surface area is 164 Å². The molecule has 0 bridgehead atoms. The second-order valence-electron chi connectivity index (χ2n) is 6.59. The summed E-state index contributed by atoms with van der Waals surface area (Å²) in [6.07, 6.45) is 1.49. The van der Waals surface area contributed by atoms with Gasteiger partial charge in [-0.05, 0) is 67.6 Å². The maximum absolute atomic E-state index is 12.9. The molecule has 8 heteroatoms. The van der Waals surface area contributed by atoms with Gasteiger partial charge in [0.1, 0.15) is 6.33 Å². The van der Waals surface area contributed by atoms with E-state index >= 15 is 0 Å². The number of halogens is 1. The third-order valence-corrected chi connectivity index (χ3v) is 6.40. The first kappa shape index (κ1) is 19.4. The summed E-state index contributed by atoms with van der Waals surface area (Å²) < 4.78 is 29.9.